The van der Waals surface area contributed by atoms with Crippen LogP contribution < -0.4 is 5.32 Å². The SMILES string of the molecule is CSCC(CCO)NC/C=C/c1ccc(F)cc1. The molecule has 0 amide bonds. The van der Waals surface area contributed by atoms with Crippen molar-refractivity contribution in [1.82, 2.24) is 5.32 Å². The molecule has 0 saturated carbocycles. The molecule has 0 aromatic heterocycles. The Balaban J connectivity index is 2.33. The average molecular weight is 269 g/mol. The minimum absolute atomic E-state index is 0.208. The number of aliphatic hydroxyl groups is 1. The van der Waals surface area contributed by atoms with Gasteiger partial charge in [-0.25, -0.2) is 4.39 Å². The third kappa shape index (κ3) is 6.19. The number of hydrogen-bond acceptors (Lipinski definition) is 3. The Labute approximate surface area is 112 Å². The highest BCUT2D eigenvalue weighted by Crippen LogP contribution is 2.05. The zero-order valence-electron chi connectivity index (χ0n) is 10.6. The van der Waals surface area contributed by atoms with Crippen molar-refractivity contribution in [3.05, 3.63) is 41.7 Å². The molecule has 1 atom stereocenters. The van der Waals surface area contributed by atoms with Gasteiger partial charge in [0, 0.05) is 24.9 Å². The molecular weight excluding hydrogens is 249 g/mol. The van der Waals surface area contributed by atoms with Crippen LogP contribution in [0.5, 0.6) is 0 Å². The molecule has 100 valence electrons. The molecule has 0 spiro atoms. The number of benzene rings is 1. The van der Waals surface area contributed by atoms with Gasteiger partial charge in [-0.2, -0.15) is 11.8 Å². The standard InChI is InChI=1S/C14H20FNOS/c1-18-11-14(8-10-17)16-9-2-3-12-4-6-13(15)7-5-12/h2-7,14,16-17H,8-11H2,1H3/b3-2+. The Bertz CT molecular complexity index is 347. The lowest BCUT2D eigenvalue weighted by molar-refractivity contribution is 0.271. The lowest BCUT2D eigenvalue weighted by Gasteiger charge is -2.14. The third-order valence-electron chi connectivity index (χ3n) is 2.55. The lowest BCUT2D eigenvalue weighted by atomic mass is 10.2. The van der Waals surface area contributed by atoms with Crippen molar-refractivity contribution < 1.29 is 9.50 Å². The van der Waals surface area contributed by atoms with Gasteiger partial charge < -0.3 is 10.4 Å². The van der Waals surface area contributed by atoms with Crippen molar-refractivity contribution in [2.45, 2.75) is 12.5 Å². The Morgan fingerprint density at radius 1 is 1.39 bits per heavy atom. The first-order valence-electron chi connectivity index (χ1n) is 6.01. The summed E-state index contributed by atoms with van der Waals surface area (Å²) in [5.74, 6) is 0.776. The number of hydrogen-bond donors (Lipinski definition) is 2. The highest BCUT2D eigenvalue weighted by atomic mass is 32.2. The topological polar surface area (TPSA) is 32.3 Å². The van der Waals surface area contributed by atoms with Gasteiger partial charge in [0.05, 0.1) is 0 Å². The zero-order chi connectivity index (χ0) is 13.2. The van der Waals surface area contributed by atoms with E-state index in [1.807, 2.05) is 12.2 Å². The fourth-order valence-corrected chi connectivity index (χ4v) is 2.29. The summed E-state index contributed by atoms with van der Waals surface area (Å²) in [4.78, 5) is 0. The van der Waals surface area contributed by atoms with Crippen molar-refractivity contribution in [2.75, 3.05) is 25.2 Å². The van der Waals surface area contributed by atoms with Crippen LogP contribution in [0.3, 0.4) is 0 Å². The van der Waals surface area contributed by atoms with Gasteiger partial charge in [-0.05, 0) is 30.4 Å². The van der Waals surface area contributed by atoms with Crippen LogP contribution in [-0.4, -0.2) is 36.3 Å². The van der Waals surface area contributed by atoms with Gasteiger partial charge in [0.25, 0.3) is 0 Å². The second kappa shape index (κ2) is 9.14. The van der Waals surface area contributed by atoms with Gasteiger partial charge in [0.2, 0.25) is 0 Å². The summed E-state index contributed by atoms with van der Waals surface area (Å²) in [6, 6.07) is 6.74. The van der Waals surface area contributed by atoms with Crippen LogP contribution >= 0.6 is 11.8 Å². The van der Waals surface area contributed by atoms with Crippen molar-refractivity contribution in [1.29, 1.82) is 0 Å². The smallest absolute Gasteiger partial charge is 0.123 e. The summed E-state index contributed by atoms with van der Waals surface area (Å²) in [7, 11) is 0. The maximum absolute atomic E-state index is 12.7. The summed E-state index contributed by atoms with van der Waals surface area (Å²) in [6.45, 7) is 0.961. The van der Waals surface area contributed by atoms with Crippen LogP contribution in [0.25, 0.3) is 6.08 Å². The minimum Gasteiger partial charge on any atom is -0.396 e. The van der Waals surface area contributed by atoms with E-state index in [-0.39, 0.29) is 12.4 Å². The summed E-state index contributed by atoms with van der Waals surface area (Å²) in [6.07, 6.45) is 6.80. The molecule has 18 heavy (non-hydrogen) atoms. The summed E-state index contributed by atoms with van der Waals surface area (Å²) in [5, 5.41) is 12.3. The van der Waals surface area contributed by atoms with Crippen molar-refractivity contribution in [3.8, 4) is 0 Å². The number of halogens is 1. The summed E-state index contributed by atoms with van der Waals surface area (Å²) >= 11 is 1.77. The molecule has 0 radical (unpaired) electrons. The van der Waals surface area contributed by atoms with Crippen molar-refractivity contribution in [3.63, 3.8) is 0 Å². The van der Waals surface area contributed by atoms with E-state index in [0.717, 1.165) is 24.3 Å². The van der Waals surface area contributed by atoms with Crippen molar-refractivity contribution >= 4 is 17.8 Å². The maximum atomic E-state index is 12.7. The fraction of sp³-hybridized carbons (Fsp3) is 0.429. The largest absolute Gasteiger partial charge is 0.396 e. The number of thioether (sulfide) groups is 1. The van der Waals surface area contributed by atoms with E-state index in [0.29, 0.717) is 6.04 Å². The van der Waals surface area contributed by atoms with E-state index in [1.54, 1.807) is 23.9 Å². The molecule has 0 aliphatic rings. The molecule has 0 aliphatic heterocycles. The number of aliphatic hydroxyl groups excluding tert-OH is 1. The molecule has 2 N–H and O–H groups in total. The normalized spacial score (nSPS) is 13.1. The van der Waals surface area contributed by atoms with Crippen LogP contribution in [0.2, 0.25) is 0 Å². The van der Waals surface area contributed by atoms with Crippen LogP contribution in [-0.2, 0) is 0 Å². The first kappa shape index (κ1) is 15.2. The van der Waals surface area contributed by atoms with E-state index in [9.17, 15) is 4.39 Å². The molecule has 1 rings (SSSR count). The Kier molecular flexibility index (Phi) is 7.73. The van der Waals surface area contributed by atoms with Crippen LogP contribution in [0.15, 0.2) is 30.3 Å². The quantitative estimate of drug-likeness (QED) is 0.760. The second-order valence-corrected chi connectivity index (χ2v) is 4.94. The molecule has 0 fully saturated rings. The van der Waals surface area contributed by atoms with E-state index in [4.69, 9.17) is 5.11 Å². The molecule has 1 aromatic rings. The first-order valence-corrected chi connectivity index (χ1v) is 7.41. The summed E-state index contributed by atoms with van der Waals surface area (Å²) in [5.41, 5.74) is 0.988. The molecular formula is C14H20FNOS. The minimum atomic E-state index is -0.215. The van der Waals surface area contributed by atoms with E-state index < -0.39 is 0 Å². The molecule has 1 aromatic carbocycles. The molecule has 0 bridgehead atoms. The molecule has 1 unspecified atom stereocenters. The fourth-order valence-electron chi connectivity index (χ4n) is 1.60. The van der Waals surface area contributed by atoms with Gasteiger partial charge in [-0.15, -0.1) is 0 Å². The molecule has 0 heterocycles. The van der Waals surface area contributed by atoms with Gasteiger partial charge in [-0.1, -0.05) is 24.3 Å². The van der Waals surface area contributed by atoms with E-state index in [2.05, 4.69) is 11.6 Å². The second-order valence-electron chi connectivity index (χ2n) is 4.03. The average Bonchev–Trinajstić information content (AvgIpc) is 2.37. The van der Waals surface area contributed by atoms with Crippen LogP contribution in [0.4, 0.5) is 4.39 Å². The monoisotopic (exact) mass is 269 g/mol. The van der Waals surface area contributed by atoms with Crippen molar-refractivity contribution in [2.24, 2.45) is 0 Å². The zero-order valence-corrected chi connectivity index (χ0v) is 11.4. The summed E-state index contributed by atoms with van der Waals surface area (Å²) < 4.78 is 12.7. The van der Waals surface area contributed by atoms with E-state index in [1.165, 1.54) is 12.1 Å². The Morgan fingerprint density at radius 2 is 2.11 bits per heavy atom. The Morgan fingerprint density at radius 3 is 2.72 bits per heavy atom. The van der Waals surface area contributed by atoms with E-state index >= 15 is 0 Å². The lowest BCUT2D eigenvalue weighted by Crippen LogP contribution is -2.32. The van der Waals surface area contributed by atoms with Gasteiger partial charge >= 0.3 is 0 Å². The first-order chi connectivity index (χ1) is 8.76. The highest BCUT2D eigenvalue weighted by molar-refractivity contribution is 7.98. The number of rotatable bonds is 8. The van der Waals surface area contributed by atoms with Gasteiger partial charge in [0.15, 0.2) is 0 Å². The predicted octanol–water partition coefficient (Wildman–Crippen LogP) is 2.54. The predicted molar refractivity (Wildman–Crippen MR) is 77.3 cm³/mol. The maximum Gasteiger partial charge on any atom is 0.123 e. The molecule has 0 aliphatic carbocycles. The molecule has 4 heteroatoms. The van der Waals surface area contributed by atoms with Gasteiger partial charge in [-0.3, -0.25) is 0 Å². The highest BCUT2D eigenvalue weighted by Gasteiger charge is 2.04. The third-order valence-corrected chi connectivity index (χ3v) is 3.29. The molecule has 2 nitrogen and oxygen atoms in total. The molecule has 0 saturated heterocycles. The number of nitrogens with one attached hydrogen (secondary N) is 1. The van der Waals surface area contributed by atoms with Gasteiger partial charge in [0.1, 0.15) is 5.82 Å². The Hall–Kier alpha value is -0.840. The van der Waals surface area contributed by atoms with Crippen LogP contribution in [0.1, 0.15) is 12.0 Å². The van der Waals surface area contributed by atoms with Crippen LogP contribution in [0, 0.1) is 5.82 Å².